The smallest absolute Gasteiger partial charge is 0.140 e. The second kappa shape index (κ2) is 6.86. The Hall–Kier alpha value is -0.610. The number of aromatic nitrogens is 3. The number of hydrogen-bond acceptors (Lipinski definition) is 3. The van der Waals surface area contributed by atoms with Gasteiger partial charge in [0.15, 0.2) is 0 Å². The Kier molecular flexibility index (Phi) is 5.77. The molecule has 1 rings (SSSR count). The molecule has 1 aromatic rings. The molecule has 0 radical (unpaired) electrons. The van der Waals surface area contributed by atoms with Crippen molar-refractivity contribution in [3.05, 3.63) is 12.2 Å². The highest BCUT2D eigenvalue weighted by atomic mass is 35.5. The van der Waals surface area contributed by atoms with Gasteiger partial charge in [-0.2, -0.15) is 5.10 Å². The van der Waals surface area contributed by atoms with Crippen LogP contribution in [0.3, 0.4) is 0 Å². The first-order valence-electron chi connectivity index (χ1n) is 5.83. The van der Waals surface area contributed by atoms with Crippen LogP contribution in [0.15, 0.2) is 6.33 Å². The zero-order valence-electron chi connectivity index (χ0n) is 10.3. The Bertz CT molecular complexity index is 298. The van der Waals surface area contributed by atoms with Crippen molar-refractivity contribution < 1.29 is 0 Å². The minimum Gasteiger partial charge on any atom is -0.306 e. The number of rotatable bonds is 7. The maximum absolute atomic E-state index is 5.92. The summed E-state index contributed by atoms with van der Waals surface area (Å²) in [6, 6.07) is 0.351. The number of aryl methyl sites for hydroxylation is 1. The van der Waals surface area contributed by atoms with E-state index < -0.39 is 0 Å². The maximum atomic E-state index is 5.92. The fourth-order valence-electron chi connectivity index (χ4n) is 1.69. The molecule has 92 valence electrons. The van der Waals surface area contributed by atoms with Crippen molar-refractivity contribution in [2.75, 3.05) is 5.88 Å². The fraction of sp³-hybridized carbons (Fsp3) is 0.818. The predicted octanol–water partition coefficient (Wildman–Crippen LogP) is 2.04. The summed E-state index contributed by atoms with van der Waals surface area (Å²) in [5.41, 5.74) is 0. The zero-order chi connectivity index (χ0) is 12.0. The van der Waals surface area contributed by atoms with E-state index in [2.05, 4.69) is 36.2 Å². The van der Waals surface area contributed by atoms with Crippen LogP contribution in [0.25, 0.3) is 0 Å². The molecule has 0 amide bonds. The third-order valence-electron chi connectivity index (χ3n) is 2.49. The van der Waals surface area contributed by atoms with Crippen molar-refractivity contribution in [2.45, 2.75) is 46.3 Å². The Labute approximate surface area is 102 Å². The maximum Gasteiger partial charge on any atom is 0.140 e. The van der Waals surface area contributed by atoms with Gasteiger partial charge in [-0.1, -0.05) is 13.8 Å². The van der Waals surface area contributed by atoms with Crippen LogP contribution in [0.1, 0.15) is 33.0 Å². The topological polar surface area (TPSA) is 42.7 Å². The van der Waals surface area contributed by atoms with E-state index in [1.54, 1.807) is 6.33 Å². The van der Waals surface area contributed by atoms with Crippen LogP contribution in [0.2, 0.25) is 0 Å². The molecule has 4 nitrogen and oxygen atoms in total. The van der Waals surface area contributed by atoms with Crippen molar-refractivity contribution in [1.29, 1.82) is 0 Å². The Morgan fingerprint density at radius 1 is 1.50 bits per heavy atom. The van der Waals surface area contributed by atoms with Crippen molar-refractivity contribution in [2.24, 2.45) is 5.92 Å². The normalized spacial score (nSPS) is 13.3. The fourth-order valence-corrected chi connectivity index (χ4v) is 1.93. The number of halogens is 1. The van der Waals surface area contributed by atoms with Gasteiger partial charge in [-0.05, 0) is 19.3 Å². The molecule has 1 aromatic heterocycles. The Morgan fingerprint density at radius 2 is 2.25 bits per heavy atom. The van der Waals surface area contributed by atoms with E-state index in [0.29, 0.717) is 17.8 Å². The average Bonchev–Trinajstić information content (AvgIpc) is 2.70. The van der Waals surface area contributed by atoms with Crippen LogP contribution < -0.4 is 5.32 Å². The Balaban J connectivity index is 2.43. The highest BCUT2D eigenvalue weighted by molar-refractivity contribution is 6.18. The molecule has 5 heteroatoms. The lowest BCUT2D eigenvalue weighted by Crippen LogP contribution is -2.32. The molecule has 16 heavy (non-hydrogen) atoms. The summed E-state index contributed by atoms with van der Waals surface area (Å²) in [6.07, 6.45) is 2.68. The van der Waals surface area contributed by atoms with Crippen molar-refractivity contribution in [3.63, 3.8) is 0 Å². The van der Waals surface area contributed by atoms with E-state index in [9.17, 15) is 0 Å². The predicted molar refractivity (Wildman–Crippen MR) is 66.5 cm³/mol. The summed E-state index contributed by atoms with van der Waals surface area (Å²) in [7, 11) is 0. The van der Waals surface area contributed by atoms with E-state index in [0.717, 1.165) is 25.3 Å². The SMILES string of the molecule is CCn1ncnc1CNC(CCl)CC(C)C. The summed E-state index contributed by atoms with van der Waals surface area (Å²) in [5, 5.41) is 7.55. The van der Waals surface area contributed by atoms with Crippen LogP contribution in [0.4, 0.5) is 0 Å². The molecule has 1 N–H and O–H groups in total. The summed E-state index contributed by atoms with van der Waals surface area (Å²) < 4.78 is 1.90. The highest BCUT2D eigenvalue weighted by Gasteiger charge is 2.10. The van der Waals surface area contributed by atoms with Gasteiger partial charge in [0.05, 0.1) is 6.54 Å². The molecule has 1 heterocycles. The van der Waals surface area contributed by atoms with Gasteiger partial charge in [0, 0.05) is 18.5 Å². The lowest BCUT2D eigenvalue weighted by atomic mass is 10.1. The molecular weight excluding hydrogens is 224 g/mol. The molecule has 0 aliphatic heterocycles. The molecule has 1 unspecified atom stereocenters. The van der Waals surface area contributed by atoms with Gasteiger partial charge in [-0.15, -0.1) is 11.6 Å². The minimum absolute atomic E-state index is 0.351. The Morgan fingerprint density at radius 3 is 2.81 bits per heavy atom. The van der Waals surface area contributed by atoms with E-state index in [1.807, 2.05) is 4.68 Å². The van der Waals surface area contributed by atoms with Gasteiger partial charge in [0.25, 0.3) is 0 Å². The monoisotopic (exact) mass is 244 g/mol. The minimum atomic E-state index is 0.351. The summed E-state index contributed by atoms with van der Waals surface area (Å²) in [6.45, 7) is 8.06. The van der Waals surface area contributed by atoms with E-state index in [4.69, 9.17) is 11.6 Å². The lowest BCUT2D eigenvalue weighted by molar-refractivity contribution is 0.433. The molecule has 0 aromatic carbocycles. The molecule has 0 saturated carbocycles. The number of nitrogens with one attached hydrogen (secondary N) is 1. The van der Waals surface area contributed by atoms with Crippen LogP contribution >= 0.6 is 11.6 Å². The van der Waals surface area contributed by atoms with E-state index in [-0.39, 0.29) is 0 Å². The molecule has 0 saturated heterocycles. The van der Waals surface area contributed by atoms with Gasteiger partial charge in [0.1, 0.15) is 12.2 Å². The van der Waals surface area contributed by atoms with Crippen LogP contribution in [-0.2, 0) is 13.1 Å². The molecule has 1 atom stereocenters. The number of alkyl halides is 1. The second-order valence-electron chi connectivity index (χ2n) is 4.35. The van der Waals surface area contributed by atoms with Crippen LogP contribution in [0.5, 0.6) is 0 Å². The van der Waals surface area contributed by atoms with Gasteiger partial charge in [-0.3, -0.25) is 0 Å². The standard InChI is InChI=1S/C11H21ClN4/c1-4-16-11(14-8-15-16)7-13-10(6-12)5-9(2)3/h8-10,13H,4-7H2,1-3H3. The van der Waals surface area contributed by atoms with Crippen LogP contribution in [-0.4, -0.2) is 26.7 Å². The van der Waals surface area contributed by atoms with E-state index >= 15 is 0 Å². The molecule has 0 bridgehead atoms. The van der Waals surface area contributed by atoms with Crippen molar-refractivity contribution in [3.8, 4) is 0 Å². The zero-order valence-corrected chi connectivity index (χ0v) is 11.0. The summed E-state index contributed by atoms with van der Waals surface area (Å²) in [5.74, 6) is 2.26. The molecule has 0 fully saturated rings. The number of hydrogen-bond donors (Lipinski definition) is 1. The van der Waals surface area contributed by atoms with Crippen molar-refractivity contribution in [1.82, 2.24) is 20.1 Å². The lowest BCUT2D eigenvalue weighted by Gasteiger charge is -2.17. The molecule has 0 aliphatic carbocycles. The number of nitrogens with zero attached hydrogens (tertiary/aromatic N) is 3. The summed E-state index contributed by atoms with van der Waals surface area (Å²) >= 11 is 5.92. The average molecular weight is 245 g/mol. The third kappa shape index (κ3) is 4.10. The first-order chi connectivity index (χ1) is 7.67. The largest absolute Gasteiger partial charge is 0.306 e. The van der Waals surface area contributed by atoms with Gasteiger partial charge in [0.2, 0.25) is 0 Å². The van der Waals surface area contributed by atoms with Crippen molar-refractivity contribution >= 4 is 11.6 Å². The van der Waals surface area contributed by atoms with Gasteiger partial charge in [-0.25, -0.2) is 9.67 Å². The summed E-state index contributed by atoms with van der Waals surface area (Å²) in [4.78, 5) is 4.22. The molecule has 0 spiro atoms. The first-order valence-corrected chi connectivity index (χ1v) is 6.36. The third-order valence-corrected chi connectivity index (χ3v) is 2.86. The second-order valence-corrected chi connectivity index (χ2v) is 4.66. The highest BCUT2D eigenvalue weighted by Crippen LogP contribution is 2.07. The quantitative estimate of drug-likeness (QED) is 0.747. The van der Waals surface area contributed by atoms with E-state index in [1.165, 1.54) is 0 Å². The molecular formula is C11H21ClN4. The first kappa shape index (κ1) is 13.5. The van der Waals surface area contributed by atoms with Gasteiger partial charge < -0.3 is 5.32 Å². The van der Waals surface area contributed by atoms with Crippen LogP contribution in [0, 0.1) is 5.92 Å². The molecule has 0 aliphatic rings. The van der Waals surface area contributed by atoms with Gasteiger partial charge >= 0.3 is 0 Å².